The fraction of sp³-hybridized carbons (Fsp3) is 0.143. The molecular formula is C14H14FIO4. The van der Waals surface area contributed by atoms with Crippen LogP contribution in [-0.4, -0.2) is 11.9 Å². The molecule has 0 aliphatic rings. The molecule has 0 aromatic heterocycles. The molecule has 0 amide bonds. The van der Waals surface area contributed by atoms with E-state index < -0.39 is 38.4 Å². The van der Waals surface area contributed by atoms with E-state index in [-0.39, 0.29) is 11.1 Å². The third kappa shape index (κ3) is 4.76. The molecule has 0 spiro atoms. The Hall–Kier alpha value is -1.70. The van der Waals surface area contributed by atoms with Crippen molar-refractivity contribution in [3.63, 3.8) is 0 Å². The number of rotatable bonds is 5. The van der Waals surface area contributed by atoms with Gasteiger partial charge in [0.25, 0.3) is 0 Å². The predicted molar refractivity (Wildman–Crippen MR) is 80.9 cm³/mol. The van der Waals surface area contributed by atoms with E-state index in [1.54, 1.807) is 0 Å². The summed E-state index contributed by atoms with van der Waals surface area (Å²) in [7, 11) is 0. The summed E-state index contributed by atoms with van der Waals surface area (Å²) in [5, 5.41) is 0. The number of carbonyl (C=O) groups excluding carboxylic acids is 2. The Balaban J connectivity index is 2.97. The van der Waals surface area contributed by atoms with Crippen molar-refractivity contribution in [2.24, 2.45) is 0 Å². The Labute approximate surface area is 124 Å². The number of hydrogen-bond acceptors (Lipinski definition) is 4. The molecule has 0 saturated heterocycles. The van der Waals surface area contributed by atoms with Crippen LogP contribution in [0.5, 0.6) is 0 Å². The average Bonchev–Trinajstić information content (AvgIpc) is 2.38. The molecule has 108 valence electrons. The van der Waals surface area contributed by atoms with Crippen LogP contribution in [0, 0.1) is 9.39 Å². The van der Waals surface area contributed by atoms with Crippen molar-refractivity contribution in [3.8, 4) is 0 Å². The van der Waals surface area contributed by atoms with E-state index in [1.807, 2.05) is 0 Å². The van der Waals surface area contributed by atoms with Gasteiger partial charge >= 0.3 is 125 Å². The number of carbonyl (C=O) groups is 2. The normalized spacial score (nSPS) is 10.4. The summed E-state index contributed by atoms with van der Waals surface area (Å²) in [4.78, 5) is 23.1. The van der Waals surface area contributed by atoms with Crippen LogP contribution in [0.4, 0.5) is 4.39 Å². The second kappa shape index (κ2) is 7.18. The molecule has 1 rings (SSSR count). The van der Waals surface area contributed by atoms with E-state index in [1.165, 1.54) is 38.1 Å². The molecule has 0 unspecified atom stereocenters. The second-order valence-corrected chi connectivity index (χ2v) is 7.31. The topological polar surface area (TPSA) is 52.6 Å². The summed E-state index contributed by atoms with van der Waals surface area (Å²) >= 11 is -3.03. The van der Waals surface area contributed by atoms with Crippen LogP contribution in [0.25, 0.3) is 0 Å². The van der Waals surface area contributed by atoms with Gasteiger partial charge in [0.15, 0.2) is 0 Å². The van der Waals surface area contributed by atoms with Crippen molar-refractivity contribution in [2.75, 3.05) is 0 Å². The molecule has 1 aromatic carbocycles. The van der Waals surface area contributed by atoms with E-state index in [4.69, 9.17) is 6.13 Å². The maximum absolute atomic E-state index is 12.9. The van der Waals surface area contributed by atoms with Crippen LogP contribution < -0.4 is 0 Å². The standard InChI is InChI=1S/C14H14FIO4/c1-9(2)13(17)19-16(20-14(18)10(3)4)12-7-5-11(15)6-8-12/h5-8H,1,3H2,2,4H3. The molecule has 0 N–H and O–H groups in total. The maximum atomic E-state index is 12.9. The molecule has 0 saturated carbocycles. The Morgan fingerprint density at radius 3 is 1.75 bits per heavy atom. The predicted octanol–water partition coefficient (Wildman–Crippen LogP) is 3.57. The fourth-order valence-corrected chi connectivity index (χ4v) is 3.92. The van der Waals surface area contributed by atoms with Gasteiger partial charge in [0.1, 0.15) is 0 Å². The van der Waals surface area contributed by atoms with Gasteiger partial charge in [0, 0.05) is 0 Å². The quantitative estimate of drug-likeness (QED) is 0.568. The van der Waals surface area contributed by atoms with Gasteiger partial charge in [-0.2, -0.15) is 0 Å². The first-order valence-corrected chi connectivity index (χ1v) is 8.37. The summed E-state index contributed by atoms with van der Waals surface area (Å²) in [6, 6.07) is 5.28. The van der Waals surface area contributed by atoms with Gasteiger partial charge in [-0.3, -0.25) is 0 Å². The van der Waals surface area contributed by atoms with Gasteiger partial charge in [0.2, 0.25) is 0 Å². The fourth-order valence-electron chi connectivity index (χ4n) is 0.896. The molecule has 0 heterocycles. The van der Waals surface area contributed by atoms with Crippen LogP contribution in [-0.2, 0) is 15.7 Å². The number of benzene rings is 1. The van der Waals surface area contributed by atoms with Crippen molar-refractivity contribution in [1.82, 2.24) is 0 Å². The van der Waals surface area contributed by atoms with E-state index in [9.17, 15) is 14.0 Å². The average molecular weight is 392 g/mol. The first-order valence-electron chi connectivity index (χ1n) is 5.53. The Kier molecular flexibility index (Phi) is 5.87. The third-order valence-corrected chi connectivity index (χ3v) is 5.30. The molecular weight excluding hydrogens is 378 g/mol. The second-order valence-electron chi connectivity index (χ2n) is 3.94. The molecule has 0 bridgehead atoms. The molecule has 20 heavy (non-hydrogen) atoms. The molecule has 0 aliphatic carbocycles. The van der Waals surface area contributed by atoms with Crippen molar-refractivity contribution in [1.29, 1.82) is 0 Å². The van der Waals surface area contributed by atoms with Gasteiger partial charge in [0.05, 0.1) is 0 Å². The summed E-state index contributed by atoms with van der Waals surface area (Å²) < 4.78 is 23.7. The van der Waals surface area contributed by atoms with Crippen LogP contribution >= 0.6 is 20.6 Å². The van der Waals surface area contributed by atoms with E-state index in [0.29, 0.717) is 3.57 Å². The van der Waals surface area contributed by atoms with Gasteiger partial charge < -0.3 is 0 Å². The van der Waals surface area contributed by atoms with E-state index in [2.05, 4.69) is 13.2 Å². The third-order valence-electron chi connectivity index (χ3n) is 1.96. The molecule has 0 atom stereocenters. The van der Waals surface area contributed by atoms with Crippen molar-refractivity contribution in [2.45, 2.75) is 13.8 Å². The summed E-state index contributed by atoms with van der Waals surface area (Å²) in [6.07, 6.45) is 0. The van der Waals surface area contributed by atoms with Crippen molar-refractivity contribution in [3.05, 3.63) is 58.0 Å². The molecule has 6 heteroatoms. The summed E-state index contributed by atoms with van der Waals surface area (Å²) in [5.74, 6) is -1.72. The summed E-state index contributed by atoms with van der Waals surface area (Å²) in [5.41, 5.74) is 0.390. The first-order chi connectivity index (χ1) is 9.31. The molecule has 0 radical (unpaired) electrons. The van der Waals surface area contributed by atoms with Gasteiger partial charge in [-0.15, -0.1) is 0 Å². The van der Waals surface area contributed by atoms with E-state index in [0.717, 1.165) is 0 Å². The number of halogens is 2. The molecule has 0 fully saturated rings. The minimum absolute atomic E-state index is 0.195. The molecule has 0 aliphatic heterocycles. The minimum atomic E-state index is -3.03. The zero-order chi connectivity index (χ0) is 15.3. The zero-order valence-electron chi connectivity index (χ0n) is 11.1. The van der Waals surface area contributed by atoms with Crippen LogP contribution in [0.3, 0.4) is 0 Å². The number of hydrogen-bond donors (Lipinski definition) is 0. The zero-order valence-corrected chi connectivity index (χ0v) is 13.3. The monoisotopic (exact) mass is 392 g/mol. The van der Waals surface area contributed by atoms with Gasteiger partial charge in [-0.25, -0.2) is 0 Å². The Morgan fingerprint density at radius 1 is 1.00 bits per heavy atom. The van der Waals surface area contributed by atoms with Crippen molar-refractivity contribution < 1.29 is 20.1 Å². The van der Waals surface area contributed by atoms with Crippen molar-refractivity contribution >= 4 is 32.6 Å². The molecule has 1 aromatic rings. The summed E-state index contributed by atoms with van der Waals surface area (Å²) in [6.45, 7) is 9.90. The Bertz CT molecular complexity index is 523. The van der Waals surface area contributed by atoms with Gasteiger partial charge in [-0.1, -0.05) is 0 Å². The van der Waals surface area contributed by atoms with Crippen LogP contribution in [0.1, 0.15) is 13.8 Å². The Morgan fingerprint density at radius 2 is 1.40 bits per heavy atom. The van der Waals surface area contributed by atoms with Crippen LogP contribution in [0.2, 0.25) is 0 Å². The van der Waals surface area contributed by atoms with Crippen LogP contribution in [0.15, 0.2) is 48.6 Å². The SMILES string of the molecule is C=C(C)C(=O)OI(OC(=O)C(=C)C)c1ccc(F)cc1. The molecule has 4 nitrogen and oxygen atoms in total. The first kappa shape index (κ1) is 16.4. The van der Waals surface area contributed by atoms with E-state index >= 15 is 0 Å². The van der Waals surface area contributed by atoms with Gasteiger partial charge in [-0.05, 0) is 0 Å².